The molecule has 0 aromatic heterocycles. The van der Waals surface area contributed by atoms with E-state index in [1.54, 1.807) is 0 Å². The molecule has 21 heavy (non-hydrogen) atoms. The van der Waals surface area contributed by atoms with Gasteiger partial charge in [-0.05, 0) is 49.4 Å². The SMILES string of the molecule is Cc1ccc(C(=O)Nc2c(C)cccc2C(C)C)c(C)c1. The molecule has 2 aromatic carbocycles. The molecule has 0 radical (unpaired) electrons. The Kier molecular flexibility index (Phi) is 4.46. The lowest BCUT2D eigenvalue weighted by Gasteiger charge is -2.17. The summed E-state index contributed by atoms with van der Waals surface area (Å²) in [6, 6.07) is 12.1. The third kappa shape index (κ3) is 3.33. The Hall–Kier alpha value is -2.09. The fourth-order valence-corrected chi connectivity index (χ4v) is 2.59. The monoisotopic (exact) mass is 281 g/mol. The molecule has 0 unspecified atom stereocenters. The number of anilines is 1. The van der Waals surface area contributed by atoms with Crippen LogP contribution in [0.25, 0.3) is 0 Å². The topological polar surface area (TPSA) is 29.1 Å². The van der Waals surface area contributed by atoms with Crippen LogP contribution in [0, 0.1) is 20.8 Å². The van der Waals surface area contributed by atoms with Gasteiger partial charge in [-0.3, -0.25) is 4.79 Å². The lowest BCUT2D eigenvalue weighted by atomic mass is 9.97. The molecular weight excluding hydrogens is 258 g/mol. The van der Waals surface area contributed by atoms with Crippen LogP contribution >= 0.6 is 0 Å². The van der Waals surface area contributed by atoms with Crippen LogP contribution in [-0.4, -0.2) is 5.91 Å². The maximum Gasteiger partial charge on any atom is 0.255 e. The minimum Gasteiger partial charge on any atom is -0.321 e. The number of para-hydroxylation sites is 1. The van der Waals surface area contributed by atoms with Crippen LogP contribution in [0.4, 0.5) is 5.69 Å². The van der Waals surface area contributed by atoms with Crippen molar-refractivity contribution in [1.82, 2.24) is 0 Å². The van der Waals surface area contributed by atoms with Crippen molar-refractivity contribution in [2.45, 2.75) is 40.5 Å². The number of nitrogens with one attached hydrogen (secondary N) is 1. The Labute approximate surface area is 127 Å². The summed E-state index contributed by atoms with van der Waals surface area (Å²) in [4.78, 5) is 12.6. The standard InChI is InChI=1S/C19H23NO/c1-12(2)16-8-6-7-14(4)18(16)20-19(21)17-10-9-13(3)11-15(17)5/h6-12H,1-5H3,(H,20,21). The lowest BCUT2D eigenvalue weighted by molar-refractivity contribution is 0.102. The highest BCUT2D eigenvalue weighted by atomic mass is 16.1. The van der Waals surface area contributed by atoms with Crippen molar-refractivity contribution in [2.75, 3.05) is 5.32 Å². The summed E-state index contributed by atoms with van der Waals surface area (Å²) in [6.45, 7) is 10.3. The minimum atomic E-state index is -0.0382. The van der Waals surface area contributed by atoms with E-state index in [-0.39, 0.29) is 5.91 Å². The fraction of sp³-hybridized carbons (Fsp3) is 0.316. The molecule has 1 amide bonds. The van der Waals surface area contributed by atoms with Crippen molar-refractivity contribution < 1.29 is 4.79 Å². The summed E-state index contributed by atoms with van der Waals surface area (Å²) in [7, 11) is 0. The highest BCUT2D eigenvalue weighted by molar-refractivity contribution is 6.06. The van der Waals surface area contributed by atoms with E-state index in [4.69, 9.17) is 0 Å². The summed E-state index contributed by atoms with van der Waals surface area (Å²) in [5.74, 6) is 0.336. The molecule has 2 heteroatoms. The van der Waals surface area contributed by atoms with Crippen molar-refractivity contribution in [3.05, 3.63) is 64.2 Å². The van der Waals surface area contributed by atoms with Crippen molar-refractivity contribution in [3.8, 4) is 0 Å². The molecule has 0 saturated carbocycles. The van der Waals surface area contributed by atoms with Crippen molar-refractivity contribution >= 4 is 11.6 Å². The van der Waals surface area contributed by atoms with Crippen LogP contribution < -0.4 is 5.32 Å². The van der Waals surface area contributed by atoms with Gasteiger partial charge in [-0.2, -0.15) is 0 Å². The number of carbonyl (C=O) groups is 1. The minimum absolute atomic E-state index is 0.0382. The zero-order valence-electron chi connectivity index (χ0n) is 13.4. The van der Waals surface area contributed by atoms with Gasteiger partial charge in [0.1, 0.15) is 0 Å². The number of aryl methyl sites for hydroxylation is 3. The quantitative estimate of drug-likeness (QED) is 0.844. The largest absolute Gasteiger partial charge is 0.321 e. The predicted octanol–water partition coefficient (Wildman–Crippen LogP) is 4.99. The first-order valence-corrected chi connectivity index (χ1v) is 7.38. The van der Waals surface area contributed by atoms with E-state index in [1.807, 2.05) is 51.1 Å². The van der Waals surface area contributed by atoms with Gasteiger partial charge >= 0.3 is 0 Å². The van der Waals surface area contributed by atoms with Gasteiger partial charge in [0.05, 0.1) is 0 Å². The Morgan fingerprint density at radius 1 is 1.00 bits per heavy atom. The van der Waals surface area contributed by atoms with Gasteiger partial charge < -0.3 is 5.32 Å². The third-order valence-electron chi connectivity index (χ3n) is 3.79. The van der Waals surface area contributed by atoms with E-state index >= 15 is 0 Å². The van der Waals surface area contributed by atoms with Crippen LogP contribution in [0.3, 0.4) is 0 Å². The van der Waals surface area contributed by atoms with E-state index in [0.29, 0.717) is 5.92 Å². The summed E-state index contributed by atoms with van der Waals surface area (Å²) in [5, 5.41) is 3.10. The van der Waals surface area contributed by atoms with Gasteiger partial charge in [-0.25, -0.2) is 0 Å². The number of hydrogen-bond acceptors (Lipinski definition) is 1. The molecule has 0 spiro atoms. The third-order valence-corrected chi connectivity index (χ3v) is 3.79. The molecular formula is C19H23NO. The van der Waals surface area contributed by atoms with E-state index in [9.17, 15) is 4.79 Å². The maximum atomic E-state index is 12.6. The molecule has 1 N–H and O–H groups in total. The Morgan fingerprint density at radius 2 is 1.71 bits per heavy atom. The average molecular weight is 281 g/mol. The number of rotatable bonds is 3. The summed E-state index contributed by atoms with van der Waals surface area (Å²) >= 11 is 0. The van der Waals surface area contributed by atoms with Crippen LogP contribution in [0.15, 0.2) is 36.4 Å². The van der Waals surface area contributed by atoms with Crippen molar-refractivity contribution in [1.29, 1.82) is 0 Å². The summed E-state index contributed by atoms with van der Waals surface area (Å²) in [5.41, 5.74) is 6.12. The van der Waals surface area contributed by atoms with Crippen LogP contribution in [0.1, 0.15) is 52.4 Å². The van der Waals surface area contributed by atoms with Crippen LogP contribution in [0.2, 0.25) is 0 Å². The molecule has 0 aliphatic rings. The van der Waals surface area contributed by atoms with Gasteiger partial charge in [0.2, 0.25) is 0 Å². The molecule has 110 valence electrons. The van der Waals surface area contributed by atoms with E-state index in [1.165, 1.54) is 11.1 Å². The molecule has 0 heterocycles. The first-order valence-electron chi connectivity index (χ1n) is 7.38. The Balaban J connectivity index is 2.36. The first-order chi connectivity index (χ1) is 9.90. The normalized spacial score (nSPS) is 10.8. The average Bonchev–Trinajstić information content (AvgIpc) is 2.40. The molecule has 0 saturated heterocycles. The second kappa shape index (κ2) is 6.13. The van der Waals surface area contributed by atoms with E-state index in [2.05, 4.69) is 25.2 Å². The molecule has 2 nitrogen and oxygen atoms in total. The molecule has 0 fully saturated rings. The highest BCUT2D eigenvalue weighted by Crippen LogP contribution is 2.28. The van der Waals surface area contributed by atoms with Gasteiger partial charge in [0.25, 0.3) is 5.91 Å². The molecule has 0 aliphatic heterocycles. The van der Waals surface area contributed by atoms with Crippen molar-refractivity contribution in [3.63, 3.8) is 0 Å². The fourth-order valence-electron chi connectivity index (χ4n) is 2.59. The van der Waals surface area contributed by atoms with E-state index in [0.717, 1.165) is 22.4 Å². The summed E-state index contributed by atoms with van der Waals surface area (Å²) < 4.78 is 0. The van der Waals surface area contributed by atoms with Crippen LogP contribution in [-0.2, 0) is 0 Å². The summed E-state index contributed by atoms with van der Waals surface area (Å²) in [6.07, 6.45) is 0. The molecule has 0 bridgehead atoms. The second-order valence-electron chi connectivity index (χ2n) is 5.97. The number of carbonyl (C=O) groups excluding carboxylic acids is 1. The smallest absolute Gasteiger partial charge is 0.255 e. The zero-order chi connectivity index (χ0) is 15.6. The van der Waals surface area contributed by atoms with Gasteiger partial charge in [0.15, 0.2) is 0 Å². The number of amides is 1. The van der Waals surface area contributed by atoms with E-state index < -0.39 is 0 Å². The maximum absolute atomic E-state index is 12.6. The molecule has 2 aromatic rings. The van der Waals surface area contributed by atoms with Gasteiger partial charge in [-0.1, -0.05) is 49.7 Å². The molecule has 0 atom stereocenters. The number of benzene rings is 2. The van der Waals surface area contributed by atoms with Gasteiger partial charge in [-0.15, -0.1) is 0 Å². The molecule has 0 aliphatic carbocycles. The Bertz CT molecular complexity index is 671. The number of hydrogen-bond donors (Lipinski definition) is 1. The second-order valence-corrected chi connectivity index (χ2v) is 5.97. The Morgan fingerprint density at radius 3 is 2.33 bits per heavy atom. The zero-order valence-corrected chi connectivity index (χ0v) is 13.4. The van der Waals surface area contributed by atoms with Crippen molar-refractivity contribution in [2.24, 2.45) is 0 Å². The lowest BCUT2D eigenvalue weighted by Crippen LogP contribution is -2.16. The first kappa shape index (κ1) is 15.3. The highest BCUT2D eigenvalue weighted by Gasteiger charge is 2.14. The van der Waals surface area contributed by atoms with Crippen LogP contribution in [0.5, 0.6) is 0 Å². The predicted molar refractivity (Wildman–Crippen MR) is 89.1 cm³/mol. The van der Waals surface area contributed by atoms with Gasteiger partial charge in [0, 0.05) is 11.3 Å². The molecule has 2 rings (SSSR count).